The van der Waals surface area contributed by atoms with Gasteiger partial charge in [0, 0.05) is 12.6 Å². The fourth-order valence-electron chi connectivity index (χ4n) is 2.03. The van der Waals surface area contributed by atoms with E-state index in [4.69, 9.17) is 22.1 Å². The summed E-state index contributed by atoms with van der Waals surface area (Å²) in [6, 6.07) is 0.294. The zero-order chi connectivity index (χ0) is 10.8. The van der Waals surface area contributed by atoms with Crippen LogP contribution in [0.4, 0.5) is 0 Å². The Kier molecular flexibility index (Phi) is 3.18. The van der Waals surface area contributed by atoms with Gasteiger partial charge in [0.2, 0.25) is 0 Å². The SMILES string of the molecule is CC1CC(n2c(CO)n[nH]c2=S)CCO1. The van der Waals surface area contributed by atoms with Crippen LogP contribution in [0, 0.1) is 4.77 Å². The summed E-state index contributed by atoms with van der Waals surface area (Å²) in [6.45, 7) is 2.71. The summed E-state index contributed by atoms with van der Waals surface area (Å²) < 4.78 is 7.97. The standard InChI is InChI=1S/C9H15N3O2S/c1-6-4-7(2-3-14-6)12-8(5-13)10-11-9(12)15/h6-7,13H,2-5H2,1H3,(H,11,15). The first-order chi connectivity index (χ1) is 7.22. The Morgan fingerprint density at radius 1 is 1.73 bits per heavy atom. The van der Waals surface area contributed by atoms with Gasteiger partial charge in [-0.15, -0.1) is 0 Å². The first-order valence-corrected chi connectivity index (χ1v) is 5.51. The third-order valence-corrected chi connectivity index (χ3v) is 3.03. The van der Waals surface area contributed by atoms with Crippen molar-refractivity contribution in [2.75, 3.05) is 6.61 Å². The molecule has 2 atom stereocenters. The number of aromatic nitrogens is 3. The van der Waals surface area contributed by atoms with Gasteiger partial charge in [0.25, 0.3) is 0 Å². The number of nitrogens with zero attached hydrogens (tertiary/aromatic N) is 2. The zero-order valence-corrected chi connectivity index (χ0v) is 9.46. The lowest BCUT2D eigenvalue weighted by atomic mass is 10.0. The van der Waals surface area contributed by atoms with Crippen LogP contribution >= 0.6 is 12.2 Å². The average Bonchev–Trinajstić information content (AvgIpc) is 2.59. The van der Waals surface area contributed by atoms with Crippen molar-refractivity contribution in [1.82, 2.24) is 14.8 Å². The van der Waals surface area contributed by atoms with E-state index in [2.05, 4.69) is 17.1 Å². The molecule has 2 heterocycles. The molecular formula is C9H15N3O2S. The summed E-state index contributed by atoms with van der Waals surface area (Å²) in [7, 11) is 0. The zero-order valence-electron chi connectivity index (χ0n) is 8.64. The van der Waals surface area contributed by atoms with E-state index in [1.54, 1.807) is 0 Å². The number of aromatic amines is 1. The van der Waals surface area contributed by atoms with Crippen molar-refractivity contribution in [1.29, 1.82) is 0 Å². The highest BCUT2D eigenvalue weighted by Gasteiger charge is 2.23. The van der Waals surface area contributed by atoms with Crippen LogP contribution < -0.4 is 0 Å². The molecule has 1 aromatic heterocycles. The number of ether oxygens (including phenoxy) is 1. The maximum absolute atomic E-state index is 9.15. The van der Waals surface area contributed by atoms with Gasteiger partial charge in [-0.3, -0.25) is 9.67 Å². The third kappa shape index (κ3) is 2.11. The van der Waals surface area contributed by atoms with Crippen LogP contribution in [0.25, 0.3) is 0 Å². The monoisotopic (exact) mass is 229 g/mol. The molecule has 1 aromatic rings. The summed E-state index contributed by atoms with van der Waals surface area (Å²) in [4.78, 5) is 0. The molecule has 0 bridgehead atoms. The molecular weight excluding hydrogens is 214 g/mol. The summed E-state index contributed by atoms with van der Waals surface area (Å²) in [6.07, 6.45) is 2.08. The number of H-pyrrole nitrogens is 1. The number of nitrogens with one attached hydrogen (secondary N) is 1. The second-order valence-electron chi connectivity index (χ2n) is 3.83. The van der Waals surface area contributed by atoms with E-state index in [1.165, 1.54) is 0 Å². The van der Waals surface area contributed by atoms with Gasteiger partial charge in [-0.2, -0.15) is 5.10 Å². The van der Waals surface area contributed by atoms with Crippen molar-refractivity contribution in [3.8, 4) is 0 Å². The van der Waals surface area contributed by atoms with Gasteiger partial charge in [-0.05, 0) is 32.0 Å². The van der Waals surface area contributed by atoms with E-state index in [0.29, 0.717) is 16.6 Å². The van der Waals surface area contributed by atoms with E-state index in [-0.39, 0.29) is 12.7 Å². The molecule has 1 aliphatic heterocycles. The second-order valence-corrected chi connectivity index (χ2v) is 4.22. The van der Waals surface area contributed by atoms with Crippen LogP contribution in [0.1, 0.15) is 31.6 Å². The first kappa shape index (κ1) is 10.8. The Morgan fingerprint density at radius 2 is 2.53 bits per heavy atom. The van der Waals surface area contributed by atoms with Gasteiger partial charge in [0.1, 0.15) is 6.61 Å². The molecule has 0 radical (unpaired) electrons. The third-order valence-electron chi connectivity index (χ3n) is 2.74. The van der Waals surface area contributed by atoms with Crippen molar-refractivity contribution < 1.29 is 9.84 Å². The van der Waals surface area contributed by atoms with Crippen LogP contribution in [-0.4, -0.2) is 32.6 Å². The Hall–Kier alpha value is -0.720. The Labute approximate surface area is 93.1 Å². The fraction of sp³-hybridized carbons (Fsp3) is 0.778. The summed E-state index contributed by atoms with van der Waals surface area (Å²) in [5.74, 6) is 0.610. The van der Waals surface area contributed by atoms with E-state index in [9.17, 15) is 0 Å². The minimum atomic E-state index is -0.0844. The quantitative estimate of drug-likeness (QED) is 0.747. The van der Waals surface area contributed by atoms with E-state index in [1.807, 2.05) is 4.57 Å². The van der Waals surface area contributed by atoms with E-state index in [0.717, 1.165) is 19.4 Å². The van der Waals surface area contributed by atoms with Crippen LogP contribution in [0.15, 0.2) is 0 Å². The average molecular weight is 229 g/mol. The molecule has 2 rings (SSSR count). The molecule has 2 N–H and O–H groups in total. The lowest BCUT2D eigenvalue weighted by molar-refractivity contribution is 0.00449. The van der Waals surface area contributed by atoms with Gasteiger partial charge >= 0.3 is 0 Å². The van der Waals surface area contributed by atoms with Gasteiger partial charge in [0.05, 0.1) is 6.10 Å². The summed E-state index contributed by atoms with van der Waals surface area (Å²) in [5.41, 5.74) is 0. The van der Waals surface area contributed by atoms with Gasteiger partial charge in [0.15, 0.2) is 10.6 Å². The molecule has 2 unspecified atom stereocenters. The molecule has 5 nitrogen and oxygen atoms in total. The highest BCUT2D eigenvalue weighted by molar-refractivity contribution is 7.71. The minimum Gasteiger partial charge on any atom is -0.388 e. The van der Waals surface area contributed by atoms with E-state index >= 15 is 0 Å². The Bertz CT molecular complexity index is 387. The maximum atomic E-state index is 9.15. The highest BCUT2D eigenvalue weighted by atomic mass is 32.1. The molecule has 1 fully saturated rings. The Morgan fingerprint density at radius 3 is 3.20 bits per heavy atom. The number of hydrogen-bond acceptors (Lipinski definition) is 4. The van der Waals surface area contributed by atoms with Crippen LogP contribution in [0.5, 0.6) is 0 Å². The van der Waals surface area contributed by atoms with Crippen molar-refractivity contribution in [3.05, 3.63) is 10.6 Å². The number of rotatable bonds is 2. The molecule has 15 heavy (non-hydrogen) atoms. The molecule has 1 saturated heterocycles. The number of hydrogen-bond donors (Lipinski definition) is 2. The normalized spacial score (nSPS) is 26.8. The van der Waals surface area contributed by atoms with Crippen molar-refractivity contribution in [3.63, 3.8) is 0 Å². The van der Waals surface area contributed by atoms with Gasteiger partial charge in [-0.1, -0.05) is 0 Å². The lowest BCUT2D eigenvalue weighted by Gasteiger charge is -2.28. The molecule has 0 aliphatic carbocycles. The van der Waals surface area contributed by atoms with Crippen molar-refractivity contribution in [2.24, 2.45) is 0 Å². The van der Waals surface area contributed by atoms with Gasteiger partial charge in [-0.25, -0.2) is 0 Å². The smallest absolute Gasteiger partial charge is 0.195 e. The number of aliphatic hydroxyl groups is 1. The predicted molar refractivity (Wildman–Crippen MR) is 57.0 cm³/mol. The van der Waals surface area contributed by atoms with E-state index < -0.39 is 0 Å². The highest BCUT2D eigenvalue weighted by Crippen LogP contribution is 2.25. The van der Waals surface area contributed by atoms with Crippen molar-refractivity contribution >= 4 is 12.2 Å². The van der Waals surface area contributed by atoms with Crippen LogP contribution in [0.3, 0.4) is 0 Å². The maximum Gasteiger partial charge on any atom is 0.195 e. The second kappa shape index (κ2) is 4.42. The summed E-state index contributed by atoms with van der Waals surface area (Å²) >= 11 is 5.15. The van der Waals surface area contributed by atoms with Gasteiger partial charge < -0.3 is 9.84 Å². The van der Waals surface area contributed by atoms with Crippen LogP contribution in [-0.2, 0) is 11.3 Å². The Balaban J connectivity index is 2.27. The fourth-order valence-corrected chi connectivity index (χ4v) is 2.33. The predicted octanol–water partition coefficient (Wildman–Crippen LogP) is 1.17. The molecule has 0 spiro atoms. The largest absolute Gasteiger partial charge is 0.388 e. The number of aliphatic hydroxyl groups excluding tert-OH is 1. The molecule has 0 amide bonds. The lowest BCUT2D eigenvalue weighted by Crippen LogP contribution is -2.26. The first-order valence-electron chi connectivity index (χ1n) is 5.10. The molecule has 84 valence electrons. The summed E-state index contributed by atoms with van der Waals surface area (Å²) in [5, 5.41) is 15.9. The molecule has 6 heteroatoms. The molecule has 0 saturated carbocycles. The minimum absolute atomic E-state index is 0.0844. The molecule has 0 aromatic carbocycles. The molecule has 1 aliphatic rings. The van der Waals surface area contributed by atoms with Crippen LogP contribution in [0.2, 0.25) is 0 Å². The van der Waals surface area contributed by atoms with Crippen molar-refractivity contribution in [2.45, 2.75) is 38.5 Å². The topological polar surface area (TPSA) is 63.1 Å².